The van der Waals surface area contributed by atoms with Crippen LogP contribution in [0, 0.1) is 17.0 Å². The maximum Gasteiger partial charge on any atom is 0.310 e. The Morgan fingerprint density at radius 3 is 2.50 bits per heavy atom. The van der Waals surface area contributed by atoms with Crippen LogP contribution in [0.4, 0.5) is 11.4 Å². The van der Waals surface area contributed by atoms with Crippen LogP contribution in [0.1, 0.15) is 9.88 Å². The van der Waals surface area contributed by atoms with Crippen LogP contribution in [-0.2, 0) is 16.3 Å². The van der Waals surface area contributed by atoms with E-state index in [1.165, 1.54) is 18.2 Å². The Labute approximate surface area is 167 Å². The van der Waals surface area contributed by atoms with E-state index >= 15 is 0 Å². The molecular formula is C19H19N3O4S2. The molecule has 0 saturated heterocycles. The van der Waals surface area contributed by atoms with Gasteiger partial charge in [-0.15, -0.1) is 11.3 Å². The lowest BCUT2D eigenvalue weighted by molar-refractivity contribution is -0.386. The van der Waals surface area contributed by atoms with Crippen LogP contribution in [0.5, 0.6) is 0 Å². The molecule has 0 aliphatic heterocycles. The number of rotatable bonds is 7. The van der Waals surface area contributed by atoms with Gasteiger partial charge in [0.2, 0.25) is 0 Å². The van der Waals surface area contributed by atoms with E-state index in [4.69, 9.17) is 0 Å². The minimum atomic E-state index is -3.70. The van der Waals surface area contributed by atoms with Gasteiger partial charge < -0.3 is 5.32 Å². The molecule has 146 valence electrons. The highest BCUT2D eigenvalue weighted by atomic mass is 32.2. The van der Waals surface area contributed by atoms with Gasteiger partial charge in [0.25, 0.3) is 0 Å². The molecule has 3 rings (SSSR count). The summed E-state index contributed by atoms with van der Waals surface area (Å²) in [5.74, 6) is 0. The number of hydrogen-bond acceptors (Lipinski definition) is 7. The van der Waals surface area contributed by atoms with E-state index in [1.807, 2.05) is 37.3 Å². The van der Waals surface area contributed by atoms with Crippen molar-refractivity contribution in [2.24, 2.45) is 0 Å². The summed E-state index contributed by atoms with van der Waals surface area (Å²) in [7, 11) is -3.70. The zero-order valence-corrected chi connectivity index (χ0v) is 17.0. The fourth-order valence-electron chi connectivity index (χ4n) is 2.88. The Morgan fingerprint density at radius 1 is 1.14 bits per heavy atom. The van der Waals surface area contributed by atoms with Crippen molar-refractivity contribution in [3.8, 4) is 11.3 Å². The normalized spacial score (nSPS) is 11.4. The van der Waals surface area contributed by atoms with Crippen molar-refractivity contribution in [2.45, 2.75) is 18.2 Å². The lowest BCUT2D eigenvalue weighted by atomic mass is 10.1. The molecule has 1 aromatic heterocycles. The first-order valence-electron chi connectivity index (χ1n) is 8.50. The molecule has 0 atom stereocenters. The van der Waals surface area contributed by atoms with Crippen LogP contribution in [0.2, 0.25) is 0 Å². The summed E-state index contributed by atoms with van der Waals surface area (Å²) in [5, 5.41) is 15.3. The highest BCUT2D eigenvalue weighted by Crippen LogP contribution is 2.32. The largest absolute Gasteiger partial charge is 0.379 e. The number of benzene rings is 2. The van der Waals surface area contributed by atoms with Gasteiger partial charge in [-0.2, -0.15) is 0 Å². The van der Waals surface area contributed by atoms with Crippen LogP contribution in [0.3, 0.4) is 0 Å². The number of nitro groups is 1. The molecular weight excluding hydrogens is 398 g/mol. The van der Waals surface area contributed by atoms with Crippen molar-refractivity contribution >= 4 is 32.5 Å². The van der Waals surface area contributed by atoms with Crippen molar-refractivity contribution < 1.29 is 13.3 Å². The second-order valence-electron chi connectivity index (χ2n) is 6.24. The molecule has 3 aromatic rings. The highest BCUT2D eigenvalue weighted by Gasteiger charge is 2.25. The number of anilines is 1. The lowest BCUT2D eigenvalue weighted by Crippen LogP contribution is -2.10. The Bertz CT molecular complexity index is 1110. The number of para-hydroxylation sites is 1. The van der Waals surface area contributed by atoms with Crippen LogP contribution >= 0.6 is 11.3 Å². The first-order valence-corrected chi connectivity index (χ1v) is 11.2. The van der Waals surface area contributed by atoms with Crippen LogP contribution in [-0.4, -0.2) is 31.1 Å². The molecule has 0 bridgehead atoms. The zero-order chi connectivity index (χ0) is 20.3. The third-order valence-electron chi connectivity index (χ3n) is 4.12. The molecule has 0 radical (unpaired) electrons. The van der Waals surface area contributed by atoms with Gasteiger partial charge in [-0.25, -0.2) is 13.4 Å². The average Bonchev–Trinajstić information content (AvgIpc) is 3.02. The van der Waals surface area contributed by atoms with Gasteiger partial charge in [0.05, 0.1) is 15.6 Å². The van der Waals surface area contributed by atoms with Gasteiger partial charge in [-0.05, 0) is 19.1 Å². The van der Waals surface area contributed by atoms with Crippen LogP contribution in [0.25, 0.3) is 11.3 Å². The Balaban J connectivity index is 1.77. The highest BCUT2D eigenvalue weighted by molar-refractivity contribution is 7.90. The maximum atomic E-state index is 11.8. The SMILES string of the molecule is Cc1sc(CCNc2cccc(S(C)(=O)=O)c2[N+](=O)[O-])nc1-c1ccccc1. The monoisotopic (exact) mass is 417 g/mol. The first-order chi connectivity index (χ1) is 13.3. The predicted molar refractivity (Wildman–Crippen MR) is 111 cm³/mol. The number of hydrogen-bond donors (Lipinski definition) is 1. The fraction of sp³-hybridized carbons (Fsp3) is 0.211. The van der Waals surface area contributed by atoms with E-state index in [0.29, 0.717) is 13.0 Å². The van der Waals surface area contributed by atoms with E-state index in [9.17, 15) is 18.5 Å². The molecule has 0 aliphatic rings. The molecule has 28 heavy (non-hydrogen) atoms. The van der Waals surface area contributed by atoms with Crippen molar-refractivity contribution in [3.05, 3.63) is 68.5 Å². The van der Waals surface area contributed by atoms with Gasteiger partial charge in [0, 0.05) is 29.7 Å². The standard InChI is InChI=1S/C19H19N3O4S2/c1-13-18(14-7-4-3-5-8-14)21-17(27-13)11-12-20-15-9-6-10-16(28(2,25)26)19(15)22(23)24/h3-10,20H,11-12H2,1-2H3. The lowest BCUT2D eigenvalue weighted by Gasteiger charge is -2.08. The molecule has 0 spiro atoms. The Kier molecular flexibility index (Phi) is 5.76. The fourth-order valence-corrected chi connectivity index (χ4v) is 4.69. The molecule has 1 N–H and O–H groups in total. The topological polar surface area (TPSA) is 102 Å². The van der Waals surface area contributed by atoms with E-state index in [2.05, 4.69) is 10.3 Å². The van der Waals surface area contributed by atoms with Crippen molar-refractivity contribution in [3.63, 3.8) is 0 Å². The summed E-state index contributed by atoms with van der Waals surface area (Å²) < 4.78 is 23.7. The van der Waals surface area contributed by atoms with Gasteiger partial charge in [0.1, 0.15) is 10.6 Å². The molecule has 1 heterocycles. The molecule has 9 heteroatoms. The minimum Gasteiger partial charge on any atom is -0.379 e. The van der Waals surface area contributed by atoms with E-state index in [1.54, 1.807) is 11.3 Å². The second kappa shape index (κ2) is 8.07. The van der Waals surface area contributed by atoms with Crippen LogP contribution in [0.15, 0.2) is 53.4 Å². The number of thiazole rings is 1. The molecule has 0 amide bonds. The maximum absolute atomic E-state index is 11.8. The predicted octanol–water partition coefficient (Wildman–Crippen LogP) is 4.08. The number of sulfone groups is 1. The Hall–Kier alpha value is -2.78. The van der Waals surface area contributed by atoms with E-state index in [-0.39, 0.29) is 10.6 Å². The quantitative estimate of drug-likeness (QED) is 0.459. The molecule has 2 aromatic carbocycles. The third kappa shape index (κ3) is 4.37. The second-order valence-corrected chi connectivity index (χ2v) is 9.51. The first kappa shape index (κ1) is 20.0. The number of aromatic nitrogens is 1. The van der Waals surface area contributed by atoms with E-state index < -0.39 is 20.4 Å². The van der Waals surface area contributed by atoms with E-state index in [0.717, 1.165) is 27.4 Å². The smallest absolute Gasteiger partial charge is 0.310 e. The van der Waals surface area contributed by atoms with Gasteiger partial charge in [-0.3, -0.25) is 10.1 Å². The van der Waals surface area contributed by atoms with Gasteiger partial charge in [-0.1, -0.05) is 36.4 Å². The molecule has 0 aliphatic carbocycles. The minimum absolute atomic E-state index is 0.185. The average molecular weight is 418 g/mol. The molecule has 7 nitrogen and oxygen atoms in total. The number of nitrogens with one attached hydrogen (secondary N) is 1. The van der Waals surface area contributed by atoms with Crippen molar-refractivity contribution in [2.75, 3.05) is 18.1 Å². The molecule has 0 saturated carbocycles. The molecule has 0 fully saturated rings. The number of nitro benzene ring substituents is 1. The summed E-state index contributed by atoms with van der Waals surface area (Å²) >= 11 is 1.58. The zero-order valence-electron chi connectivity index (χ0n) is 15.4. The van der Waals surface area contributed by atoms with Crippen molar-refractivity contribution in [1.29, 1.82) is 0 Å². The van der Waals surface area contributed by atoms with Crippen molar-refractivity contribution in [1.82, 2.24) is 4.98 Å². The molecule has 0 unspecified atom stereocenters. The Morgan fingerprint density at radius 2 is 1.86 bits per heavy atom. The third-order valence-corrected chi connectivity index (χ3v) is 6.28. The van der Waals surface area contributed by atoms with Gasteiger partial charge >= 0.3 is 5.69 Å². The number of aryl methyl sites for hydroxylation is 1. The van der Waals surface area contributed by atoms with Crippen LogP contribution < -0.4 is 5.32 Å². The number of nitrogens with zero attached hydrogens (tertiary/aromatic N) is 2. The summed E-state index contributed by atoms with van der Waals surface area (Å²) in [4.78, 5) is 16.2. The summed E-state index contributed by atoms with van der Waals surface area (Å²) in [6.07, 6.45) is 1.53. The summed E-state index contributed by atoms with van der Waals surface area (Å²) in [6, 6.07) is 14.1. The van der Waals surface area contributed by atoms with Gasteiger partial charge in [0.15, 0.2) is 9.84 Å². The summed E-state index contributed by atoms with van der Waals surface area (Å²) in [5.41, 5.74) is 1.74. The summed E-state index contributed by atoms with van der Waals surface area (Å²) in [6.45, 7) is 2.41.